The lowest BCUT2D eigenvalue weighted by atomic mass is 10.2. The molecule has 1 saturated heterocycles. The molecule has 1 N–H and O–H groups in total. The largest absolute Gasteiger partial charge is 0.343 e. The molecule has 0 unspecified atom stereocenters. The number of carbonyl (C=O) groups is 3. The number of rotatable bonds is 7. The van der Waals surface area contributed by atoms with Gasteiger partial charge in [0, 0.05) is 49.2 Å². The Morgan fingerprint density at radius 2 is 1.83 bits per heavy atom. The molecule has 2 fully saturated rings. The van der Waals surface area contributed by atoms with E-state index >= 15 is 0 Å². The van der Waals surface area contributed by atoms with E-state index in [2.05, 4.69) is 10.3 Å². The monoisotopic (exact) mass is 392 g/mol. The zero-order valence-corrected chi connectivity index (χ0v) is 16.2. The maximum atomic E-state index is 12.7. The minimum atomic E-state index is -0.294. The zero-order chi connectivity index (χ0) is 20.2. The molecular weight excluding hydrogens is 368 g/mol. The molecule has 29 heavy (non-hydrogen) atoms. The highest BCUT2D eigenvalue weighted by Crippen LogP contribution is 2.28. The fraction of sp³-hybridized carbons (Fsp3) is 0.364. The van der Waals surface area contributed by atoms with E-state index in [-0.39, 0.29) is 30.3 Å². The highest BCUT2D eigenvalue weighted by molar-refractivity contribution is 5.98. The predicted molar refractivity (Wildman–Crippen MR) is 108 cm³/mol. The van der Waals surface area contributed by atoms with E-state index in [4.69, 9.17) is 0 Å². The van der Waals surface area contributed by atoms with Gasteiger partial charge in [0.05, 0.1) is 6.54 Å². The quantitative estimate of drug-likeness (QED) is 0.783. The highest BCUT2D eigenvalue weighted by atomic mass is 16.2. The average Bonchev–Trinajstić information content (AvgIpc) is 3.51. The number of carbonyl (C=O) groups excluding carboxylic acids is 3. The maximum Gasteiger partial charge on any atom is 0.251 e. The van der Waals surface area contributed by atoms with Crippen LogP contribution in [0.25, 0.3) is 0 Å². The number of anilines is 1. The summed E-state index contributed by atoms with van der Waals surface area (Å²) in [6, 6.07) is 11.0. The first-order chi connectivity index (χ1) is 14.1. The smallest absolute Gasteiger partial charge is 0.251 e. The molecule has 2 aliphatic rings. The number of hydrogen-bond acceptors (Lipinski definition) is 4. The van der Waals surface area contributed by atoms with E-state index in [1.54, 1.807) is 41.6 Å². The minimum absolute atomic E-state index is 0.0349. The first-order valence-corrected chi connectivity index (χ1v) is 9.99. The van der Waals surface area contributed by atoms with Crippen molar-refractivity contribution in [1.82, 2.24) is 15.2 Å². The Labute approximate surface area is 169 Å². The number of hydrogen-bond donors (Lipinski definition) is 1. The molecule has 0 bridgehead atoms. The molecule has 0 spiro atoms. The van der Waals surface area contributed by atoms with Gasteiger partial charge in [-0.15, -0.1) is 0 Å². The van der Waals surface area contributed by atoms with Crippen LogP contribution in [0.4, 0.5) is 5.69 Å². The minimum Gasteiger partial charge on any atom is -0.343 e. The van der Waals surface area contributed by atoms with Gasteiger partial charge in [-0.05, 0) is 61.2 Å². The highest BCUT2D eigenvalue weighted by Gasteiger charge is 2.32. The number of nitrogens with one attached hydrogen (secondary N) is 1. The van der Waals surface area contributed by atoms with Gasteiger partial charge in [-0.25, -0.2) is 0 Å². The van der Waals surface area contributed by atoms with E-state index in [0.717, 1.165) is 30.5 Å². The van der Waals surface area contributed by atoms with E-state index in [0.29, 0.717) is 25.1 Å². The van der Waals surface area contributed by atoms with Crippen LogP contribution >= 0.6 is 0 Å². The van der Waals surface area contributed by atoms with Gasteiger partial charge in [0.15, 0.2) is 0 Å². The Balaban J connectivity index is 1.33. The summed E-state index contributed by atoms with van der Waals surface area (Å²) >= 11 is 0. The van der Waals surface area contributed by atoms with Gasteiger partial charge in [0.2, 0.25) is 11.8 Å². The van der Waals surface area contributed by atoms with E-state index in [1.807, 2.05) is 17.0 Å². The summed E-state index contributed by atoms with van der Waals surface area (Å²) in [7, 11) is 0. The lowest BCUT2D eigenvalue weighted by Crippen LogP contribution is -2.41. The Hall–Kier alpha value is -3.22. The van der Waals surface area contributed by atoms with Crippen LogP contribution in [-0.4, -0.2) is 46.7 Å². The molecular formula is C22H24N4O3. The molecule has 1 aliphatic carbocycles. The number of pyridine rings is 1. The molecule has 1 aromatic heterocycles. The summed E-state index contributed by atoms with van der Waals surface area (Å²) in [6.07, 6.45) is 6.86. The van der Waals surface area contributed by atoms with E-state index in [9.17, 15) is 14.4 Å². The molecule has 7 nitrogen and oxygen atoms in total. The van der Waals surface area contributed by atoms with Gasteiger partial charge in [0.25, 0.3) is 5.91 Å². The Kier molecular flexibility index (Phi) is 5.55. The van der Waals surface area contributed by atoms with Crippen LogP contribution in [0.15, 0.2) is 48.8 Å². The zero-order valence-electron chi connectivity index (χ0n) is 16.2. The van der Waals surface area contributed by atoms with Crippen LogP contribution in [0.2, 0.25) is 0 Å². The van der Waals surface area contributed by atoms with Crippen molar-refractivity contribution in [2.75, 3.05) is 18.0 Å². The molecule has 1 aromatic carbocycles. The van der Waals surface area contributed by atoms with Crippen LogP contribution in [0.3, 0.4) is 0 Å². The molecule has 2 aromatic rings. The number of nitrogens with zero attached hydrogens (tertiary/aromatic N) is 3. The van der Waals surface area contributed by atoms with Gasteiger partial charge in [-0.3, -0.25) is 19.4 Å². The SMILES string of the molecule is O=C(NCC(=O)N(Cc1ccncc1)C1CC1)c1ccc(N2CCCC2=O)cc1. The molecule has 150 valence electrons. The maximum absolute atomic E-state index is 12.7. The molecule has 7 heteroatoms. The van der Waals surface area contributed by atoms with Crippen molar-refractivity contribution in [2.45, 2.75) is 38.3 Å². The van der Waals surface area contributed by atoms with E-state index < -0.39 is 0 Å². The second kappa shape index (κ2) is 8.43. The predicted octanol–water partition coefficient (Wildman–Crippen LogP) is 2.13. The lowest BCUT2D eigenvalue weighted by molar-refractivity contribution is -0.131. The summed E-state index contributed by atoms with van der Waals surface area (Å²) in [5.41, 5.74) is 2.30. The van der Waals surface area contributed by atoms with Crippen LogP contribution in [0.1, 0.15) is 41.6 Å². The van der Waals surface area contributed by atoms with Crippen molar-refractivity contribution >= 4 is 23.4 Å². The van der Waals surface area contributed by atoms with Crippen LogP contribution in [0, 0.1) is 0 Å². The molecule has 1 aliphatic heterocycles. The van der Waals surface area contributed by atoms with Crippen LogP contribution in [0.5, 0.6) is 0 Å². The van der Waals surface area contributed by atoms with Crippen molar-refractivity contribution in [3.8, 4) is 0 Å². The second-order valence-electron chi connectivity index (χ2n) is 7.49. The van der Waals surface area contributed by atoms with Crippen molar-refractivity contribution < 1.29 is 14.4 Å². The molecule has 1 saturated carbocycles. The van der Waals surface area contributed by atoms with Crippen molar-refractivity contribution in [3.05, 3.63) is 59.9 Å². The molecule has 3 amide bonds. The topological polar surface area (TPSA) is 82.6 Å². The number of amides is 3. The Bertz CT molecular complexity index is 894. The molecule has 0 radical (unpaired) electrons. The Morgan fingerprint density at radius 3 is 2.45 bits per heavy atom. The van der Waals surface area contributed by atoms with Gasteiger partial charge in [-0.1, -0.05) is 0 Å². The van der Waals surface area contributed by atoms with Gasteiger partial charge >= 0.3 is 0 Å². The first kappa shape index (κ1) is 19.1. The van der Waals surface area contributed by atoms with Crippen molar-refractivity contribution in [2.24, 2.45) is 0 Å². The van der Waals surface area contributed by atoms with Gasteiger partial charge in [0.1, 0.15) is 0 Å². The molecule has 0 atom stereocenters. The number of benzene rings is 1. The summed E-state index contributed by atoms with van der Waals surface area (Å²) < 4.78 is 0. The van der Waals surface area contributed by atoms with E-state index in [1.165, 1.54) is 0 Å². The third-order valence-electron chi connectivity index (χ3n) is 5.33. The van der Waals surface area contributed by atoms with Gasteiger partial charge in [-0.2, -0.15) is 0 Å². The fourth-order valence-electron chi connectivity index (χ4n) is 3.57. The summed E-state index contributed by atoms with van der Waals surface area (Å²) in [6.45, 7) is 1.21. The summed E-state index contributed by atoms with van der Waals surface area (Å²) in [5, 5.41) is 2.72. The third kappa shape index (κ3) is 4.62. The van der Waals surface area contributed by atoms with Crippen molar-refractivity contribution in [1.29, 1.82) is 0 Å². The second-order valence-corrected chi connectivity index (χ2v) is 7.49. The molecule has 2 heterocycles. The van der Waals surface area contributed by atoms with Crippen LogP contribution < -0.4 is 10.2 Å². The van der Waals surface area contributed by atoms with Crippen LogP contribution in [-0.2, 0) is 16.1 Å². The summed E-state index contributed by atoms with van der Waals surface area (Å²) in [4.78, 5) is 44.5. The standard InChI is InChI=1S/C22H24N4O3/c27-20-2-1-13-25(20)18-5-3-17(4-6-18)22(29)24-14-21(28)26(19-7-8-19)15-16-9-11-23-12-10-16/h3-6,9-12,19H,1-2,7-8,13-15H2,(H,24,29). The number of aromatic nitrogens is 1. The van der Waals surface area contributed by atoms with Gasteiger partial charge < -0.3 is 15.1 Å². The first-order valence-electron chi connectivity index (χ1n) is 9.99. The van der Waals surface area contributed by atoms with Crippen molar-refractivity contribution in [3.63, 3.8) is 0 Å². The Morgan fingerprint density at radius 1 is 1.10 bits per heavy atom. The summed E-state index contributed by atoms with van der Waals surface area (Å²) in [5.74, 6) is -0.267. The lowest BCUT2D eigenvalue weighted by Gasteiger charge is -2.22. The fourth-order valence-corrected chi connectivity index (χ4v) is 3.57. The third-order valence-corrected chi connectivity index (χ3v) is 5.33. The molecule has 4 rings (SSSR count). The normalized spacial score (nSPS) is 16.0. The average molecular weight is 392 g/mol.